The van der Waals surface area contributed by atoms with Crippen LogP contribution in [-0.2, 0) is 4.79 Å². The summed E-state index contributed by atoms with van der Waals surface area (Å²) in [5.41, 5.74) is -0.0785. The zero-order valence-corrected chi connectivity index (χ0v) is 10.4. The van der Waals surface area contributed by atoms with Gasteiger partial charge in [-0.15, -0.1) is 11.6 Å². The molecule has 1 amide bonds. The van der Waals surface area contributed by atoms with E-state index in [2.05, 4.69) is 12.2 Å². The largest absolute Gasteiger partial charge is 0.349 e. The molecule has 0 unspecified atom stereocenters. The van der Waals surface area contributed by atoms with Crippen LogP contribution in [0.4, 0.5) is 0 Å². The Morgan fingerprint density at radius 3 is 2.53 bits per heavy atom. The molecule has 0 bridgehead atoms. The van der Waals surface area contributed by atoms with Gasteiger partial charge in [0.15, 0.2) is 0 Å². The van der Waals surface area contributed by atoms with Gasteiger partial charge in [-0.25, -0.2) is 0 Å². The molecule has 1 fully saturated rings. The van der Waals surface area contributed by atoms with Gasteiger partial charge in [0.2, 0.25) is 5.91 Å². The van der Waals surface area contributed by atoms with Crippen molar-refractivity contribution in [2.45, 2.75) is 63.8 Å². The van der Waals surface area contributed by atoms with E-state index in [1.165, 1.54) is 12.8 Å². The quantitative estimate of drug-likeness (QED) is 0.552. The van der Waals surface area contributed by atoms with Gasteiger partial charge in [0.05, 0.1) is 5.54 Å². The Morgan fingerprint density at radius 2 is 2.00 bits per heavy atom. The molecule has 0 heterocycles. The van der Waals surface area contributed by atoms with Gasteiger partial charge in [-0.05, 0) is 19.3 Å². The molecule has 0 aromatic rings. The molecule has 0 aliphatic heterocycles. The zero-order chi connectivity index (χ0) is 11.1. The average Bonchev–Trinajstić information content (AvgIpc) is 2.67. The first-order valence-corrected chi connectivity index (χ1v) is 6.63. The topological polar surface area (TPSA) is 29.1 Å². The van der Waals surface area contributed by atoms with Crippen LogP contribution in [0.15, 0.2) is 0 Å². The first-order valence-electron chi connectivity index (χ1n) is 6.09. The molecule has 1 saturated carbocycles. The third kappa shape index (κ3) is 4.02. The maximum atomic E-state index is 11.7. The minimum atomic E-state index is -0.0785. The molecular weight excluding hydrogens is 210 g/mol. The number of carbonyl (C=O) groups is 1. The number of alkyl halides is 1. The molecule has 15 heavy (non-hydrogen) atoms. The summed E-state index contributed by atoms with van der Waals surface area (Å²) in [5, 5.41) is 3.13. The van der Waals surface area contributed by atoms with E-state index < -0.39 is 0 Å². The van der Waals surface area contributed by atoms with Crippen LogP contribution in [0.1, 0.15) is 58.3 Å². The predicted molar refractivity (Wildman–Crippen MR) is 64.2 cm³/mol. The molecule has 0 aromatic carbocycles. The second-order valence-electron chi connectivity index (χ2n) is 4.63. The number of hydrogen-bond donors (Lipinski definition) is 1. The minimum Gasteiger partial charge on any atom is -0.349 e. The molecule has 1 rings (SSSR count). The lowest BCUT2D eigenvalue weighted by molar-refractivity contribution is -0.122. The maximum absolute atomic E-state index is 11.7. The lowest BCUT2D eigenvalue weighted by Gasteiger charge is -2.27. The van der Waals surface area contributed by atoms with Crippen molar-refractivity contribution in [3.8, 4) is 0 Å². The Labute approximate surface area is 97.8 Å². The molecule has 1 aliphatic carbocycles. The lowest BCUT2D eigenvalue weighted by Crippen LogP contribution is -2.47. The van der Waals surface area contributed by atoms with Crippen LogP contribution >= 0.6 is 11.6 Å². The summed E-state index contributed by atoms with van der Waals surface area (Å²) in [6, 6.07) is 0. The Bertz CT molecular complexity index is 200. The lowest BCUT2D eigenvalue weighted by atomic mass is 10.00. The zero-order valence-electron chi connectivity index (χ0n) is 9.65. The summed E-state index contributed by atoms with van der Waals surface area (Å²) in [7, 11) is 0. The Morgan fingerprint density at radius 1 is 1.33 bits per heavy atom. The van der Waals surface area contributed by atoms with Crippen molar-refractivity contribution in [2.75, 3.05) is 5.88 Å². The molecule has 1 aliphatic rings. The Hall–Kier alpha value is -0.240. The van der Waals surface area contributed by atoms with Crippen molar-refractivity contribution in [1.29, 1.82) is 0 Å². The standard InChI is InChI=1S/C12H22ClNO/c1-2-3-4-7-11(15)14-12(10-13)8-5-6-9-12/h2-10H2,1H3,(H,14,15). The third-order valence-corrected chi connectivity index (χ3v) is 3.74. The van der Waals surface area contributed by atoms with E-state index in [0.717, 1.165) is 32.1 Å². The van der Waals surface area contributed by atoms with Gasteiger partial charge in [-0.2, -0.15) is 0 Å². The fourth-order valence-electron chi connectivity index (χ4n) is 2.24. The van der Waals surface area contributed by atoms with Crippen LogP contribution in [0.2, 0.25) is 0 Å². The van der Waals surface area contributed by atoms with E-state index in [1.807, 2.05) is 0 Å². The van der Waals surface area contributed by atoms with Crippen LogP contribution in [-0.4, -0.2) is 17.3 Å². The van der Waals surface area contributed by atoms with Gasteiger partial charge in [-0.3, -0.25) is 4.79 Å². The second-order valence-corrected chi connectivity index (χ2v) is 4.89. The Kier molecular flexibility index (Phi) is 5.44. The number of unbranched alkanes of at least 4 members (excludes halogenated alkanes) is 2. The maximum Gasteiger partial charge on any atom is 0.220 e. The number of carbonyl (C=O) groups excluding carboxylic acids is 1. The number of nitrogens with one attached hydrogen (secondary N) is 1. The molecule has 3 heteroatoms. The van der Waals surface area contributed by atoms with E-state index in [4.69, 9.17) is 11.6 Å². The number of amides is 1. The first-order chi connectivity index (χ1) is 7.22. The van der Waals surface area contributed by atoms with Gasteiger partial charge in [0.1, 0.15) is 0 Å². The van der Waals surface area contributed by atoms with Crippen LogP contribution < -0.4 is 5.32 Å². The molecule has 1 N–H and O–H groups in total. The van der Waals surface area contributed by atoms with Gasteiger partial charge >= 0.3 is 0 Å². The van der Waals surface area contributed by atoms with E-state index in [0.29, 0.717) is 12.3 Å². The summed E-state index contributed by atoms with van der Waals surface area (Å²) < 4.78 is 0. The van der Waals surface area contributed by atoms with Crippen molar-refractivity contribution in [3.63, 3.8) is 0 Å². The molecule has 0 aromatic heterocycles. The smallest absolute Gasteiger partial charge is 0.220 e. The number of rotatable bonds is 6. The highest BCUT2D eigenvalue weighted by atomic mass is 35.5. The van der Waals surface area contributed by atoms with Crippen LogP contribution in [0.25, 0.3) is 0 Å². The monoisotopic (exact) mass is 231 g/mol. The molecule has 2 nitrogen and oxygen atoms in total. The fraction of sp³-hybridized carbons (Fsp3) is 0.917. The van der Waals surface area contributed by atoms with Gasteiger partial charge < -0.3 is 5.32 Å². The summed E-state index contributed by atoms with van der Waals surface area (Å²) in [4.78, 5) is 11.7. The van der Waals surface area contributed by atoms with Crippen LogP contribution in [0.3, 0.4) is 0 Å². The van der Waals surface area contributed by atoms with E-state index in [1.54, 1.807) is 0 Å². The second kappa shape index (κ2) is 6.37. The van der Waals surface area contributed by atoms with Crippen LogP contribution in [0, 0.1) is 0 Å². The van der Waals surface area contributed by atoms with Crippen LogP contribution in [0.5, 0.6) is 0 Å². The molecule has 0 atom stereocenters. The summed E-state index contributed by atoms with van der Waals surface area (Å²) in [5.74, 6) is 0.748. The highest BCUT2D eigenvalue weighted by Gasteiger charge is 2.33. The van der Waals surface area contributed by atoms with E-state index in [9.17, 15) is 4.79 Å². The number of halogens is 1. The van der Waals surface area contributed by atoms with E-state index >= 15 is 0 Å². The number of hydrogen-bond acceptors (Lipinski definition) is 1. The van der Waals surface area contributed by atoms with Gasteiger partial charge in [0, 0.05) is 12.3 Å². The van der Waals surface area contributed by atoms with Crippen molar-refractivity contribution < 1.29 is 4.79 Å². The highest BCUT2D eigenvalue weighted by molar-refractivity contribution is 6.18. The van der Waals surface area contributed by atoms with Gasteiger partial charge in [0.25, 0.3) is 0 Å². The molecule has 0 saturated heterocycles. The van der Waals surface area contributed by atoms with Gasteiger partial charge in [-0.1, -0.05) is 32.6 Å². The normalized spacial score (nSPS) is 19.1. The fourth-order valence-corrected chi connectivity index (χ4v) is 2.57. The summed E-state index contributed by atoms with van der Waals surface area (Å²) in [6.45, 7) is 2.15. The third-order valence-electron chi connectivity index (χ3n) is 3.23. The summed E-state index contributed by atoms with van der Waals surface area (Å²) >= 11 is 5.96. The van der Waals surface area contributed by atoms with Crippen molar-refractivity contribution in [1.82, 2.24) is 5.32 Å². The molecule has 0 radical (unpaired) electrons. The molecule has 0 spiro atoms. The summed E-state index contributed by atoms with van der Waals surface area (Å²) in [6.07, 6.45) is 8.46. The van der Waals surface area contributed by atoms with Crippen molar-refractivity contribution >= 4 is 17.5 Å². The minimum absolute atomic E-state index is 0.0785. The van der Waals surface area contributed by atoms with Crippen molar-refractivity contribution in [2.24, 2.45) is 0 Å². The molecular formula is C12H22ClNO. The van der Waals surface area contributed by atoms with E-state index in [-0.39, 0.29) is 11.4 Å². The highest BCUT2D eigenvalue weighted by Crippen LogP contribution is 2.30. The predicted octanol–water partition coefficient (Wildman–Crippen LogP) is 3.23. The Balaban J connectivity index is 2.28. The molecule has 88 valence electrons. The average molecular weight is 232 g/mol. The SMILES string of the molecule is CCCCCC(=O)NC1(CCl)CCCC1. The first kappa shape index (κ1) is 12.8. The van der Waals surface area contributed by atoms with Crippen molar-refractivity contribution in [3.05, 3.63) is 0 Å².